The number of hydrogen-bond acceptors (Lipinski definition) is 6. The van der Waals surface area contributed by atoms with E-state index in [1.54, 1.807) is 30.3 Å². The van der Waals surface area contributed by atoms with E-state index in [0.717, 1.165) is 11.1 Å². The van der Waals surface area contributed by atoms with Crippen LogP contribution in [0.5, 0.6) is 0 Å². The smallest absolute Gasteiger partial charge is 0.261 e. The van der Waals surface area contributed by atoms with Crippen molar-refractivity contribution in [3.8, 4) is 0 Å². The van der Waals surface area contributed by atoms with E-state index in [1.807, 2.05) is 36.4 Å². The lowest BCUT2D eigenvalue weighted by Crippen LogP contribution is -2.62. The third-order valence-electron chi connectivity index (χ3n) is 5.44. The highest BCUT2D eigenvalue weighted by atomic mass is 32.2. The quantitative estimate of drug-likeness (QED) is 0.482. The fourth-order valence-corrected chi connectivity index (χ4v) is 6.09. The van der Waals surface area contributed by atoms with Gasteiger partial charge in [-0.15, -0.1) is 0 Å². The summed E-state index contributed by atoms with van der Waals surface area (Å²) in [5, 5.41) is 0. The van der Waals surface area contributed by atoms with Crippen LogP contribution in [0.2, 0.25) is 0 Å². The molecule has 0 spiro atoms. The van der Waals surface area contributed by atoms with Gasteiger partial charge in [-0.25, -0.2) is 16.8 Å². The number of para-hydroxylation sites is 1. The molecule has 9 heteroatoms. The van der Waals surface area contributed by atoms with Gasteiger partial charge in [0.15, 0.2) is 5.94 Å². The van der Waals surface area contributed by atoms with Gasteiger partial charge in [0.2, 0.25) is 0 Å². The van der Waals surface area contributed by atoms with Crippen LogP contribution in [0.1, 0.15) is 17.2 Å². The predicted octanol–water partition coefficient (Wildman–Crippen LogP) is 2.80. The maximum Gasteiger partial charge on any atom is 0.261 e. The first-order valence-electron chi connectivity index (χ1n) is 10.1. The Kier molecular flexibility index (Phi) is 6.90. The zero-order valence-corrected chi connectivity index (χ0v) is 18.9. The molecule has 1 heterocycles. The van der Waals surface area contributed by atoms with Gasteiger partial charge < -0.3 is 0 Å². The number of benzene rings is 3. The van der Waals surface area contributed by atoms with Crippen LogP contribution < -0.4 is 4.31 Å². The fourth-order valence-electron chi connectivity index (χ4n) is 4.07. The molecule has 1 saturated heterocycles. The first-order valence-corrected chi connectivity index (χ1v) is 12.8. The predicted molar refractivity (Wildman–Crippen MR) is 124 cm³/mol. The summed E-state index contributed by atoms with van der Waals surface area (Å²) in [5.74, 6) is -0.919. The minimum atomic E-state index is -4.01. The van der Waals surface area contributed by atoms with Gasteiger partial charge in [0.1, 0.15) is 0 Å². The number of likely N-dealkylation sites (tertiary alicyclic amines) is 1. The van der Waals surface area contributed by atoms with Crippen LogP contribution in [0.25, 0.3) is 0 Å². The van der Waals surface area contributed by atoms with Gasteiger partial charge in [-0.3, -0.25) is 13.4 Å². The Labute approximate surface area is 190 Å². The van der Waals surface area contributed by atoms with E-state index in [0.29, 0.717) is 18.8 Å². The molecule has 0 aliphatic carbocycles. The van der Waals surface area contributed by atoms with Crippen molar-refractivity contribution < 1.29 is 21.0 Å². The van der Waals surface area contributed by atoms with Crippen molar-refractivity contribution in [2.75, 3.05) is 23.3 Å². The van der Waals surface area contributed by atoms with Gasteiger partial charge in [0.05, 0.1) is 17.8 Å². The average molecular weight is 473 g/mol. The number of thiol groups is 1. The molecule has 0 radical (unpaired) electrons. The first kappa shape index (κ1) is 22.5. The number of nitrogens with zero attached hydrogens (tertiary/aromatic N) is 2. The molecule has 0 atom stereocenters. The van der Waals surface area contributed by atoms with Crippen LogP contribution in [0.4, 0.5) is 5.69 Å². The van der Waals surface area contributed by atoms with Crippen LogP contribution in [-0.2, 0) is 25.2 Å². The van der Waals surface area contributed by atoms with E-state index in [-0.39, 0.29) is 12.1 Å². The number of hydrogen-bond donors (Lipinski definition) is 1. The normalized spacial score (nSPS) is 15.1. The van der Waals surface area contributed by atoms with E-state index < -0.39 is 26.9 Å². The van der Waals surface area contributed by atoms with Gasteiger partial charge in [0, 0.05) is 13.1 Å². The number of sulfonamides is 1. The zero-order chi connectivity index (χ0) is 22.6. The summed E-state index contributed by atoms with van der Waals surface area (Å²) >= 11 is 0. The topological polar surface area (TPSA) is 84.0 Å². The highest BCUT2D eigenvalue weighted by Crippen LogP contribution is 2.35. The second kappa shape index (κ2) is 9.83. The van der Waals surface area contributed by atoms with E-state index >= 15 is 0 Å². The molecule has 3 aromatic carbocycles. The van der Waals surface area contributed by atoms with Crippen molar-refractivity contribution in [3.63, 3.8) is 0 Å². The van der Waals surface area contributed by atoms with Crippen LogP contribution in [0.15, 0.2) is 91.0 Å². The molecule has 0 amide bonds. The van der Waals surface area contributed by atoms with Crippen LogP contribution >= 0.6 is 0 Å². The van der Waals surface area contributed by atoms with Gasteiger partial charge >= 0.3 is 0 Å². The van der Waals surface area contributed by atoms with Crippen LogP contribution in [0.3, 0.4) is 0 Å². The van der Waals surface area contributed by atoms with Crippen molar-refractivity contribution in [2.45, 2.75) is 12.1 Å². The van der Waals surface area contributed by atoms with E-state index in [1.165, 1.54) is 4.31 Å². The van der Waals surface area contributed by atoms with Crippen molar-refractivity contribution >= 4 is 26.7 Å². The average Bonchev–Trinajstić information content (AvgIpc) is 2.78. The minimum absolute atomic E-state index is 0.0126. The lowest BCUT2D eigenvalue weighted by Gasteiger charge is -2.49. The molecule has 0 unspecified atom stereocenters. The number of anilines is 1. The molecule has 4 rings (SSSR count). The minimum Gasteiger partial charge on any atom is -0.288 e. The molecule has 7 nitrogen and oxygen atoms in total. The summed E-state index contributed by atoms with van der Waals surface area (Å²) in [7, 11) is -7.27. The zero-order valence-electron chi connectivity index (χ0n) is 17.2. The van der Waals surface area contributed by atoms with Crippen molar-refractivity contribution in [1.82, 2.24) is 4.90 Å². The third kappa shape index (κ3) is 5.02. The molecular formula is C23H24N2O5S2. The summed E-state index contributed by atoms with van der Waals surface area (Å²) in [4.78, 5) is 2.22. The first-order chi connectivity index (χ1) is 15.5. The molecule has 3 aromatic rings. The highest BCUT2D eigenvalue weighted by molar-refractivity contribution is 7.93. The summed E-state index contributed by atoms with van der Waals surface area (Å²) < 4.78 is 53.4. The Hall–Kier alpha value is -2.72. The standard InChI is InChI=1S/C23H24N2O5S2/c26-31(27)30-18-32(28,29)25(21-14-8-3-9-15-21)22-16-24(17-22)23(19-10-4-1-5-11-19)20-12-6-2-7-13-20/h1-15,22-23,31H,16-18H2. The number of rotatable bonds is 9. The van der Waals surface area contributed by atoms with Crippen LogP contribution in [-0.4, -0.2) is 46.8 Å². The second-order valence-corrected chi connectivity index (χ2v) is 10.0. The molecule has 0 bridgehead atoms. The maximum atomic E-state index is 13.0. The Morgan fingerprint density at radius 1 is 0.844 bits per heavy atom. The van der Waals surface area contributed by atoms with Gasteiger partial charge in [0.25, 0.3) is 21.0 Å². The third-order valence-corrected chi connectivity index (χ3v) is 7.47. The monoisotopic (exact) mass is 472 g/mol. The van der Waals surface area contributed by atoms with Gasteiger partial charge in [-0.05, 0) is 23.3 Å². The summed E-state index contributed by atoms with van der Waals surface area (Å²) in [6.45, 7) is 0.984. The van der Waals surface area contributed by atoms with Gasteiger partial charge in [-0.1, -0.05) is 78.9 Å². The SMILES string of the molecule is O=[SH](=O)OCS(=O)(=O)N(c1ccccc1)C1CN(C(c2ccccc2)c2ccccc2)C1. The Balaban J connectivity index is 1.61. The second-order valence-electron chi connectivity index (χ2n) is 7.55. The molecule has 1 aliphatic rings. The molecule has 168 valence electrons. The lowest BCUT2D eigenvalue weighted by molar-refractivity contribution is 0.116. The molecule has 32 heavy (non-hydrogen) atoms. The van der Waals surface area contributed by atoms with E-state index in [4.69, 9.17) is 0 Å². The molecule has 1 fully saturated rings. The molecule has 0 N–H and O–H groups in total. The Bertz CT molecular complexity index is 1150. The van der Waals surface area contributed by atoms with E-state index in [9.17, 15) is 16.8 Å². The maximum absolute atomic E-state index is 13.0. The highest BCUT2D eigenvalue weighted by Gasteiger charge is 2.42. The van der Waals surface area contributed by atoms with Crippen molar-refractivity contribution in [3.05, 3.63) is 102 Å². The summed E-state index contributed by atoms with van der Waals surface area (Å²) in [6, 6.07) is 28.5. The van der Waals surface area contributed by atoms with Gasteiger partial charge in [-0.2, -0.15) is 0 Å². The molecule has 0 aromatic heterocycles. The fraction of sp³-hybridized carbons (Fsp3) is 0.217. The van der Waals surface area contributed by atoms with Crippen molar-refractivity contribution in [1.29, 1.82) is 0 Å². The lowest BCUT2D eigenvalue weighted by atomic mass is 9.93. The Morgan fingerprint density at radius 2 is 1.31 bits per heavy atom. The van der Waals surface area contributed by atoms with E-state index in [2.05, 4.69) is 33.3 Å². The molecular weight excluding hydrogens is 448 g/mol. The summed E-state index contributed by atoms with van der Waals surface area (Å²) in [6.07, 6.45) is 0. The largest absolute Gasteiger partial charge is 0.288 e. The summed E-state index contributed by atoms with van der Waals surface area (Å²) in [5.41, 5.74) is 2.73. The Morgan fingerprint density at radius 3 is 1.78 bits per heavy atom. The van der Waals surface area contributed by atoms with Crippen molar-refractivity contribution in [2.24, 2.45) is 0 Å². The van der Waals surface area contributed by atoms with Crippen LogP contribution in [0, 0.1) is 0 Å². The molecule has 1 aliphatic heterocycles. The molecule has 0 saturated carbocycles.